The van der Waals surface area contributed by atoms with Crippen molar-refractivity contribution in [1.29, 1.82) is 0 Å². The third kappa shape index (κ3) is 1.77. The largest absolute Gasteiger partial charge is 0.0526 e. The van der Waals surface area contributed by atoms with Gasteiger partial charge < -0.3 is 0 Å². The lowest BCUT2D eigenvalue weighted by atomic mass is 9.93. The molecule has 3 aromatic carbocycles. The number of hydrogen-bond donors (Lipinski definition) is 0. The van der Waals surface area contributed by atoms with E-state index in [4.69, 9.17) is 0 Å². The molecule has 1 aliphatic carbocycles. The summed E-state index contributed by atoms with van der Waals surface area (Å²) in [6.45, 7) is 0. The predicted molar refractivity (Wildman–Crippen MR) is 88.9 cm³/mol. The molecule has 0 aliphatic heterocycles. The lowest BCUT2D eigenvalue weighted by Crippen LogP contribution is -1.89. The number of halogens is 2. The third-order valence-corrected chi connectivity index (χ3v) is 5.11. The normalized spacial score (nSPS) is 14.2. The molecule has 0 unspecified atom stereocenters. The average molecular weight is 376 g/mol. The standard InChI is InChI=1S/C17H12Br2/c18-10-4-6-14-15-7-5-11(19)9-17(15)13-3-1-2-12(13)16(14)8-10/h4-9H,1-3H2. The van der Waals surface area contributed by atoms with Gasteiger partial charge in [0.2, 0.25) is 0 Å². The fraction of sp³-hybridized carbons (Fsp3) is 0.176. The molecular weight excluding hydrogens is 364 g/mol. The second-order valence-corrected chi connectivity index (χ2v) is 7.02. The van der Waals surface area contributed by atoms with Crippen LogP contribution in [0.5, 0.6) is 0 Å². The van der Waals surface area contributed by atoms with Gasteiger partial charge in [0.05, 0.1) is 0 Å². The molecule has 4 rings (SSSR count). The maximum Gasteiger partial charge on any atom is 0.0181 e. The van der Waals surface area contributed by atoms with Gasteiger partial charge in [0.15, 0.2) is 0 Å². The summed E-state index contributed by atoms with van der Waals surface area (Å²) in [4.78, 5) is 0. The van der Waals surface area contributed by atoms with Crippen molar-refractivity contribution >= 4 is 53.4 Å². The molecule has 0 aromatic heterocycles. The molecule has 0 atom stereocenters. The minimum Gasteiger partial charge on any atom is -0.0526 e. The lowest BCUT2D eigenvalue weighted by molar-refractivity contribution is 0.915. The average Bonchev–Trinajstić information content (AvgIpc) is 2.88. The third-order valence-electron chi connectivity index (χ3n) is 4.12. The van der Waals surface area contributed by atoms with E-state index in [0.29, 0.717) is 0 Å². The maximum absolute atomic E-state index is 3.61. The molecule has 0 N–H and O–H groups in total. The number of aryl methyl sites for hydroxylation is 2. The first-order valence-corrected chi connectivity index (χ1v) is 8.15. The number of hydrogen-bond acceptors (Lipinski definition) is 0. The fourth-order valence-electron chi connectivity index (χ4n) is 3.34. The van der Waals surface area contributed by atoms with Crippen LogP contribution in [0, 0.1) is 0 Å². The highest BCUT2D eigenvalue weighted by Crippen LogP contribution is 2.39. The van der Waals surface area contributed by atoms with E-state index in [-0.39, 0.29) is 0 Å². The zero-order valence-corrected chi connectivity index (χ0v) is 13.5. The Balaban J connectivity index is 2.28. The first-order chi connectivity index (χ1) is 9.24. The Labute approximate surface area is 129 Å². The van der Waals surface area contributed by atoms with Crippen LogP contribution >= 0.6 is 31.9 Å². The second kappa shape index (κ2) is 4.32. The van der Waals surface area contributed by atoms with Crippen LogP contribution in [-0.4, -0.2) is 0 Å². The van der Waals surface area contributed by atoms with E-state index in [2.05, 4.69) is 68.3 Å². The van der Waals surface area contributed by atoms with E-state index < -0.39 is 0 Å². The minimum atomic E-state index is 1.17. The zero-order valence-electron chi connectivity index (χ0n) is 10.3. The van der Waals surface area contributed by atoms with Gasteiger partial charge in [0, 0.05) is 8.95 Å². The molecule has 0 heterocycles. The van der Waals surface area contributed by atoms with Crippen molar-refractivity contribution in [3.8, 4) is 0 Å². The zero-order chi connectivity index (χ0) is 13.0. The molecule has 0 spiro atoms. The van der Waals surface area contributed by atoms with Gasteiger partial charge in [-0.2, -0.15) is 0 Å². The molecular formula is C17H12Br2. The van der Waals surface area contributed by atoms with Crippen LogP contribution in [0.3, 0.4) is 0 Å². The van der Waals surface area contributed by atoms with E-state index in [1.165, 1.54) is 49.8 Å². The Morgan fingerprint density at radius 2 is 1.11 bits per heavy atom. The highest BCUT2D eigenvalue weighted by molar-refractivity contribution is 9.10. The number of benzene rings is 3. The smallest absolute Gasteiger partial charge is 0.0181 e. The molecule has 0 saturated heterocycles. The summed E-state index contributed by atoms with van der Waals surface area (Å²) in [5, 5.41) is 5.62. The van der Waals surface area contributed by atoms with Crippen LogP contribution in [0.1, 0.15) is 17.5 Å². The summed E-state index contributed by atoms with van der Waals surface area (Å²) in [6.07, 6.45) is 3.71. The molecule has 19 heavy (non-hydrogen) atoms. The highest BCUT2D eigenvalue weighted by Gasteiger charge is 2.18. The molecule has 3 aromatic rings. The molecule has 0 amide bonds. The Kier molecular flexibility index (Phi) is 2.71. The van der Waals surface area contributed by atoms with E-state index in [9.17, 15) is 0 Å². The topological polar surface area (TPSA) is 0 Å². The van der Waals surface area contributed by atoms with Gasteiger partial charge in [-0.25, -0.2) is 0 Å². The first-order valence-electron chi connectivity index (χ1n) is 6.56. The molecule has 0 bridgehead atoms. The van der Waals surface area contributed by atoms with Gasteiger partial charge in [-0.3, -0.25) is 0 Å². The van der Waals surface area contributed by atoms with Crippen molar-refractivity contribution in [3.63, 3.8) is 0 Å². The van der Waals surface area contributed by atoms with Crippen molar-refractivity contribution in [2.24, 2.45) is 0 Å². The van der Waals surface area contributed by atoms with Gasteiger partial charge in [-0.15, -0.1) is 0 Å². The molecule has 1 aliphatic rings. The predicted octanol–water partition coefficient (Wildman–Crippen LogP) is 6.01. The molecule has 2 heteroatoms. The Bertz CT molecular complexity index is 750. The van der Waals surface area contributed by atoms with Crippen LogP contribution in [0.15, 0.2) is 45.3 Å². The monoisotopic (exact) mass is 374 g/mol. The summed E-state index contributed by atoms with van der Waals surface area (Å²) in [5.41, 5.74) is 3.11. The lowest BCUT2D eigenvalue weighted by Gasteiger charge is -2.12. The van der Waals surface area contributed by atoms with Gasteiger partial charge >= 0.3 is 0 Å². The minimum absolute atomic E-state index is 1.17. The molecule has 94 valence electrons. The van der Waals surface area contributed by atoms with Crippen molar-refractivity contribution in [1.82, 2.24) is 0 Å². The SMILES string of the molecule is Brc1ccc2c(c1)c1c(c3cc(Br)ccc32)CCC1. The van der Waals surface area contributed by atoms with Crippen molar-refractivity contribution < 1.29 is 0 Å². The van der Waals surface area contributed by atoms with Crippen molar-refractivity contribution in [3.05, 3.63) is 56.5 Å². The van der Waals surface area contributed by atoms with E-state index in [1.807, 2.05) is 0 Å². The van der Waals surface area contributed by atoms with Crippen LogP contribution in [-0.2, 0) is 12.8 Å². The Hall–Kier alpha value is -0.860. The Morgan fingerprint density at radius 3 is 1.58 bits per heavy atom. The number of rotatable bonds is 0. The van der Waals surface area contributed by atoms with E-state index in [0.717, 1.165) is 0 Å². The maximum atomic E-state index is 3.61. The highest BCUT2D eigenvalue weighted by atomic mass is 79.9. The van der Waals surface area contributed by atoms with Gasteiger partial charge in [-0.05, 0) is 76.2 Å². The molecule has 0 saturated carbocycles. The molecule has 0 fully saturated rings. The van der Waals surface area contributed by atoms with Gasteiger partial charge in [0.25, 0.3) is 0 Å². The van der Waals surface area contributed by atoms with Crippen molar-refractivity contribution in [2.45, 2.75) is 19.3 Å². The summed E-state index contributed by atoms with van der Waals surface area (Å²) < 4.78 is 2.34. The van der Waals surface area contributed by atoms with E-state index >= 15 is 0 Å². The summed E-state index contributed by atoms with van der Waals surface area (Å²) in [6, 6.07) is 13.3. The molecule has 0 radical (unpaired) electrons. The number of fused-ring (bicyclic) bond motifs is 6. The summed E-state index contributed by atoms with van der Waals surface area (Å²) >= 11 is 7.22. The summed E-state index contributed by atoms with van der Waals surface area (Å²) in [5.74, 6) is 0. The van der Waals surface area contributed by atoms with Crippen molar-refractivity contribution in [2.75, 3.05) is 0 Å². The second-order valence-electron chi connectivity index (χ2n) is 5.19. The first kappa shape index (κ1) is 11.9. The van der Waals surface area contributed by atoms with Crippen LogP contribution < -0.4 is 0 Å². The van der Waals surface area contributed by atoms with Gasteiger partial charge in [-0.1, -0.05) is 44.0 Å². The summed E-state index contributed by atoms with van der Waals surface area (Å²) in [7, 11) is 0. The quantitative estimate of drug-likeness (QED) is 0.422. The van der Waals surface area contributed by atoms with E-state index in [1.54, 1.807) is 11.1 Å². The van der Waals surface area contributed by atoms with Crippen LogP contribution in [0.25, 0.3) is 21.5 Å². The van der Waals surface area contributed by atoms with Crippen LogP contribution in [0.2, 0.25) is 0 Å². The molecule has 0 nitrogen and oxygen atoms in total. The van der Waals surface area contributed by atoms with Gasteiger partial charge in [0.1, 0.15) is 0 Å². The fourth-order valence-corrected chi connectivity index (χ4v) is 4.06. The Morgan fingerprint density at radius 1 is 0.632 bits per heavy atom. The van der Waals surface area contributed by atoms with Crippen LogP contribution in [0.4, 0.5) is 0 Å².